The van der Waals surface area contributed by atoms with E-state index in [0.29, 0.717) is 38.1 Å². The molecular weight excluding hydrogens is 697 g/mol. The Morgan fingerprint density at radius 1 is 1.00 bits per heavy atom. The lowest BCUT2D eigenvalue weighted by atomic mass is 9.95. The van der Waals surface area contributed by atoms with E-state index in [1.807, 2.05) is 51.1 Å². The van der Waals surface area contributed by atoms with Crippen LogP contribution in [0.3, 0.4) is 0 Å². The predicted molar refractivity (Wildman–Crippen MR) is 158 cm³/mol. The molecule has 0 fully saturated rings. The van der Waals surface area contributed by atoms with E-state index in [0.717, 1.165) is 19.0 Å². The van der Waals surface area contributed by atoms with Gasteiger partial charge in [-0.25, -0.2) is 4.98 Å². The molecule has 1 aromatic heterocycles. The molecule has 0 bridgehead atoms. The highest BCUT2D eigenvalue weighted by molar-refractivity contribution is 9.11. The van der Waals surface area contributed by atoms with E-state index in [1.54, 1.807) is 18.2 Å². The third-order valence-corrected chi connectivity index (χ3v) is 7.50. The second-order valence-corrected chi connectivity index (χ2v) is 12.5. The van der Waals surface area contributed by atoms with Gasteiger partial charge < -0.3 is 4.74 Å². The van der Waals surface area contributed by atoms with Crippen LogP contribution in [0.1, 0.15) is 37.7 Å². The highest BCUT2D eigenvalue weighted by Crippen LogP contribution is 2.35. The summed E-state index contributed by atoms with van der Waals surface area (Å²) >= 11 is 23.4. The standard InChI is InChI=1S/C26H20Br3Cl2N3O2/c1-26(2,3)25-33-22-7-6-16(27)10-18(22)24(35)34(25)32-12-14-8-20(30)23(21(31)9-14)36-13-15-4-5-17(28)11-19(15)29/h4-12H,13H2,1-3H3. The lowest BCUT2D eigenvalue weighted by Crippen LogP contribution is -2.29. The molecule has 3 aromatic carbocycles. The molecule has 36 heavy (non-hydrogen) atoms. The third-order valence-electron chi connectivity index (χ3n) is 5.21. The van der Waals surface area contributed by atoms with Gasteiger partial charge in [0.05, 0.1) is 27.2 Å². The highest BCUT2D eigenvalue weighted by atomic mass is 79.9. The fraction of sp³-hybridized carbons (Fsp3) is 0.192. The Kier molecular flexibility index (Phi) is 8.32. The molecule has 1 heterocycles. The Morgan fingerprint density at radius 3 is 2.28 bits per heavy atom. The number of halogens is 5. The average Bonchev–Trinajstić information content (AvgIpc) is 2.78. The Hall–Kier alpha value is -1.71. The molecule has 10 heteroatoms. The predicted octanol–water partition coefficient (Wildman–Crippen LogP) is 8.75. The monoisotopic (exact) mass is 713 g/mol. The van der Waals surface area contributed by atoms with Crippen molar-refractivity contribution in [1.29, 1.82) is 0 Å². The van der Waals surface area contributed by atoms with Gasteiger partial charge in [0.2, 0.25) is 0 Å². The number of nitrogens with zero attached hydrogens (tertiary/aromatic N) is 3. The summed E-state index contributed by atoms with van der Waals surface area (Å²) in [5.74, 6) is 0.908. The minimum atomic E-state index is -0.425. The first-order chi connectivity index (χ1) is 16.9. The molecule has 0 radical (unpaired) electrons. The van der Waals surface area contributed by atoms with E-state index in [4.69, 9.17) is 32.9 Å². The third kappa shape index (κ3) is 6.05. The molecule has 186 valence electrons. The van der Waals surface area contributed by atoms with Crippen LogP contribution in [0.4, 0.5) is 0 Å². The quantitative estimate of drug-likeness (QED) is 0.194. The molecule has 0 aliphatic heterocycles. The van der Waals surface area contributed by atoms with E-state index < -0.39 is 5.41 Å². The summed E-state index contributed by atoms with van der Waals surface area (Å²) in [4.78, 5) is 18.1. The summed E-state index contributed by atoms with van der Waals surface area (Å²) in [5, 5.41) is 5.62. The molecule has 0 amide bonds. The molecule has 0 saturated carbocycles. The van der Waals surface area contributed by atoms with E-state index in [2.05, 4.69) is 52.9 Å². The van der Waals surface area contributed by atoms with Crippen LogP contribution < -0.4 is 10.3 Å². The van der Waals surface area contributed by atoms with Gasteiger partial charge in [0, 0.05) is 24.4 Å². The van der Waals surface area contributed by atoms with E-state index in [9.17, 15) is 4.79 Å². The van der Waals surface area contributed by atoms with Crippen molar-refractivity contribution in [3.63, 3.8) is 0 Å². The Morgan fingerprint density at radius 2 is 1.64 bits per heavy atom. The van der Waals surface area contributed by atoms with E-state index in [1.165, 1.54) is 10.9 Å². The highest BCUT2D eigenvalue weighted by Gasteiger charge is 2.23. The molecule has 0 aliphatic carbocycles. The van der Waals surface area contributed by atoms with Crippen molar-refractivity contribution in [3.8, 4) is 5.75 Å². The molecule has 0 aliphatic rings. The summed E-state index contributed by atoms with van der Waals surface area (Å²) in [7, 11) is 0. The lowest BCUT2D eigenvalue weighted by Gasteiger charge is -2.20. The van der Waals surface area contributed by atoms with Crippen molar-refractivity contribution in [3.05, 3.63) is 99.3 Å². The maximum atomic E-state index is 13.3. The zero-order valence-corrected chi connectivity index (χ0v) is 25.7. The van der Waals surface area contributed by atoms with Crippen LogP contribution in [0.25, 0.3) is 10.9 Å². The Bertz CT molecular complexity index is 1540. The summed E-state index contributed by atoms with van der Waals surface area (Å²) in [6.07, 6.45) is 1.54. The van der Waals surface area contributed by atoms with Crippen LogP contribution in [-0.4, -0.2) is 15.9 Å². The first-order valence-corrected chi connectivity index (χ1v) is 13.9. The lowest BCUT2D eigenvalue weighted by molar-refractivity contribution is 0.306. The van der Waals surface area contributed by atoms with Crippen LogP contribution in [0.15, 0.2) is 71.8 Å². The van der Waals surface area contributed by atoms with Crippen molar-refractivity contribution in [2.75, 3.05) is 0 Å². The van der Waals surface area contributed by atoms with E-state index >= 15 is 0 Å². The van der Waals surface area contributed by atoms with Crippen molar-refractivity contribution >= 4 is 88.1 Å². The molecule has 0 saturated heterocycles. The maximum Gasteiger partial charge on any atom is 0.282 e. The van der Waals surface area contributed by atoms with Crippen molar-refractivity contribution in [2.45, 2.75) is 32.8 Å². The van der Waals surface area contributed by atoms with Crippen molar-refractivity contribution < 1.29 is 4.74 Å². The zero-order valence-electron chi connectivity index (χ0n) is 19.5. The zero-order chi connectivity index (χ0) is 26.2. The number of hydrogen-bond donors (Lipinski definition) is 0. The van der Waals surface area contributed by atoms with Crippen LogP contribution in [0.5, 0.6) is 5.75 Å². The first kappa shape index (κ1) is 27.3. The van der Waals surface area contributed by atoms with Gasteiger partial charge in [0.25, 0.3) is 5.56 Å². The molecule has 0 unspecified atom stereocenters. The topological polar surface area (TPSA) is 56.5 Å². The molecule has 0 spiro atoms. The second-order valence-electron chi connectivity index (χ2n) is 9.05. The Labute approximate surface area is 243 Å². The van der Waals surface area contributed by atoms with Crippen molar-refractivity contribution in [1.82, 2.24) is 9.66 Å². The number of fused-ring (bicyclic) bond motifs is 1. The molecule has 5 nitrogen and oxygen atoms in total. The Balaban J connectivity index is 1.68. The summed E-state index contributed by atoms with van der Waals surface area (Å²) in [6.45, 7) is 6.23. The number of hydrogen-bond acceptors (Lipinski definition) is 4. The van der Waals surface area contributed by atoms with Gasteiger partial charge in [0.1, 0.15) is 12.4 Å². The molecule has 4 aromatic rings. The minimum Gasteiger partial charge on any atom is -0.486 e. The number of ether oxygens (including phenoxy) is 1. The fourth-order valence-electron chi connectivity index (χ4n) is 3.45. The number of benzene rings is 3. The van der Waals surface area contributed by atoms with Gasteiger partial charge in [-0.3, -0.25) is 4.79 Å². The summed E-state index contributed by atoms with van der Waals surface area (Å²) < 4.78 is 9.89. The summed E-state index contributed by atoms with van der Waals surface area (Å²) in [5.41, 5.74) is 1.49. The van der Waals surface area contributed by atoms with Crippen LogP contribution in [-0.2, 0) is 12.0 Å². The maximum absolute atomic E-state index is 13.3. The molecule has 0 atom stereocenters. The summed E-state index contributed by atoms with van der Waals surface area (Å²) in [6, 6.07) is 14.6. The van der Waals surface area contributed by atoms with Crippen LogP contribution in [0.2, 0.25) is 10.0 Å². The van der Waals surface area contributed by atoms with E-state index in [-0.39, 0.29) is 12.2 Å². The first-order valence-electron chi connectivity index (χ1n) is 10.8. The normalized spacial score (nSPS) is 12.0. The van der Waals surface area contributed by atoms with Gasteiger partial charge in [-0.15, -0.1) is 0 Å². The van der Waals surface area contributed by atoms with Gasteiger partial charge in [-0.05, 0) is 48.0 Å². The fourth-order valence-corrected chi connectivity index (χ4v) is 5.58. The van der Waals surface area contributed by atoms with Gasteiger partial charge >= 0.3 is 0 Å². The largest absolute Gasteiger partial charge is 0.486 e. The molecular formula is C26H20Br3Cl2N3O2. The minimum absolute atomic E-state index is 0.264. The average molecular weight is 717 g/mol. The number of rotatable bonds is 5. The van der Waals surface area contributed by atoms with Gasteiger partial charge in [-0.2, -0.15) is 9.78 Å². The molecule has 0 N–H and O–H groups in total. The SMILES string of the molecule is CC(C)(C)c1nc2ccc(Br)cc2c(=O)n1N=Cc1cc(Cl)c(OCc2ccc(Br)cc2Br)c(Cl)c1. The number of aromatic nitrogens is 2. The van der Waals surface area contributed by atoms with Gasteiger partial charge in [0.15, 0.2) is 5.75 Å². The van der Waals surface area contributed by atoms with Crippen LogP contribution >= 0.6 is 71.0 Å². The smallest absolute Gasteiger partial charge is 0.282 e. The molecule has 4 rings (SSSR count). The van der Waals surface area contributed by atoms with Crippen LogP contribution in [0, 0.1) is 0 Å². The van der Waals surface area contributed by atoms with Gasteiger partial charge in [-0.1, -0.05) is 97.8 Å². The van der Waals surface area contributed by atoms with Crippen molar-refractivity contribution in [2.24, 2.45) is 5.10 Å². The second kappa shape index (κ2) is 11.0.